The lowest BCUT2D eigenvalue weighted by atomic mass is 9.92. The van der Waals surface area contributed by atoms with Crippen molar-refractivity contribution in [3.63, 3.8) is 0 Å². The molecule has 0 amide bonds. The molecule has 0 aliphatic rings. The van der Waals surface area contributed by atoms with Crippen molar-refractivity contribution in [1.82, 2.24) is 0 Å². The van der Waals surface area contributed by atoms with Gasteiger partial charge in [-0.15, -0.1) is 0 Å². The largest absolute Gasteiger partial charge is 0.522 e. The number of nitrogens with zero attached hydrogens (tertiary/aromatic N) is 1. The van der Waals surface area contributed by atoms with E-state index < -0.39 is 15.6 Å². The summed E-state index contributed by atoms with van der Waals surface area (Å²) >= 11 is 4.40. The minimum Gasteiger partial charge on any atom is -0.279 e. The van der Waals surface area contributed by atoms with E-state index >= 15 is 0 Å². The van der Waals surface area contributed by atoms with E-state index in [4.69, 9.17) is 13.0 Å². The summed E-state index contributed by atoms with van der Waals surface area (Å²) in [5.74, 6) is 0. The Bertz CT molecular complexity index is 1410. The first-order chi connectivity index (χ1) is 14.5. The van der Waals surface area contributed by atoms with Gasteiger partial charge in [0.05, 0.1) is 11.3 Å². The molecule has 160 valence electrons. The second kappa shape index (κ2) is 8.75. The molecule has 1 unspecified atom stereocenters. The van der Waals surface area contributed by atoms with Crippen LogP contribution in [-0.2, 0) is 16.5 Å². The number of nitriles is 1. The van der Waals surface area contributed by atoms with Gasteiger partial charge in [-0.2, -0.15) is 39.5 Å². The summed E-state index contributed by atoms with van der Waals surface area (Å²) in [7, 11) is -5.84. The van der Waals surface area contributed by atoms with Gasteiger partial charge in [-0.1, -0.05) is 48.5 Å². The van der Waals surface area contributed by atoms with Crippen LogP contribution in [-0.4, -0.2) is 23.7 Å². The van der Waals surface area contributed by atoms with Gasteiger partial charge in [0.25, 0.3) is 0 Å². The number of thiol groups is 1. The van der Waals surface area contributed by atoms with Crippen LogP contribution in [0, 0.1) is 11.3 Å². The molecular weight excluding hydrogens is 447 g/mol. The molecule has 31 heavy (non-hydrogen) atoms. The van der Waals surface area contributed by atoms with Gasteiger partial charge in [0.15, 0.2) is 0 Å². The molecule has 0 saturated heterocycles. The van der Waals surface area contributed by atoms with E-state index in [1.54, 1.807) is 0 Å². The van der Waals surface area contributed by atoms with Crippen LogP contribution in [0.25, 0.3) is 32.3 Å². The molecule has 0 aliphatic heterocycles. The van der Waals surface area contributed by atoms with Crippen molar-refractivity contribution in [2.75, 3.05) is 0 Å². The zero-order chi connectivity index (χ0) is 22.8. The van der Waals surface area contributed by atoms with Crippen LogP contribution in [0.1, 0.15) is 5.56 Å². The molecule has 0 saturated carbocycles. The summed E-state index contributed by atoms with van der Waals surface area (Å²) in [6, 6.07) is 25.7. The number of fused-ring (bicyclic) bond motifs is 3. The maximum Gasteiger partial charge on any atom is 0.522 e. The van der Waals surface area contributed by atoms with Gasteiger partial charge < -0.3 is 0 Å². The second-order valence-electron chi connectivity index (χ2n) is 6.77. The van der Waals surface area contributed by atoms with E-state index in [1.807, 2.05) is 0 Å². The number of hydrogen-bond donors (Lipinski definition) is 2. The van der Waals surface area contributed by atoms with Crippen LogP contribution >= 0.6 is 12.6 Å². The first-order valence-electron chi connectivity index (χ1n) is 8.96. The van der Waals surface area contributed by atoms with E-state index in [2.05, 4.69) is 85.4 Å². The van der Waals surface area contributed by atoms with Crippen LogP contribution < -0.4 is 0 Å². The zero-order valence-corrected chi connectivity index (χ0v) is 17.5. The molecule has 0 spiro atoms. The lowest BCUT2D eigenvalue weighted by Gasteiger charge is -2.13. The number of benzene rings is 4. The van der Waals surface area contributed by atoms with Crippen molar-refractivity contribution in [2.24, 2.45) is 0 Å². The van der Waals surface area contributed by atoms with Gasteiger partial charge in [0.1, 0.15) is 0 Å². The Morgan fingerprint density at radius 3 is 1.94 bits per heavy atom. The second-order valence-corrected chi connectivity index (χ2v) is 8.80. The van der Waals surface area contributed by atoms with Crippen LogP contribution in [0.5, 0.6) is 0 Å². The van der Waals surface area contributed by atoms with Gasteiger partial charge in [-0.25, -0.2) is 0 Å². The Morgan fingerprint density at radius 2 is 1.39 bits per heavy atom. The highest BCUT2D eigenvalue weighted by Gasteiger charge is 2.44. The van der Waals surface area contributed by atoms with Crippen molar-refractivity contribution in [2.45, 2.75) is 17.2 Å². The number of halogens is 3. The Labute approximate surface area is 182 Å². The first kappa shape index (κ1) is 22.9. The Morgan fingerprint density at radius 1 is 0.903 bits per heavy atom. The fourth-order valence-corrected chi connectivity index (χ4v) is 3.49. The van der Waals surface area contributed by atoms with Crippen molar-refractivity contribution in [3.8, 4) is 6.07 Å². The number of alkyl halides is 3. The Kier molecular flexibility index (Phi) is 6.46. The van der Waals surface area contributed by atoms with E-state index in [1.165, 1.54) is 37.9 Å². The number of rotatable bonds is 2. The summed E-state index contributed by atoms with van der Waals surface area (Å²) in [5.41, 5.74) is -4.32. The molecule has 4 nitrogen and oxygen atoms in total. The third-order valence-corrected chi connectivity index (χ3v) is 5.56. The summed E-state index contributed by atoms with van der Waals surface area (Å²) in [4.78, 5) is 0. The summed E-state index contributed by atoms with van der Waals surface area (Å²) < 4.78 is 57.5. The first-order valence-corrected chi connectivity index (χ1v) is 10.9. The van der Waals surface area contributed by atoms with E-state index in [0.29, 0.717) is 6.42 Å². The average Bonchev–Trinajstić information content (AvgIpc) is 2.71. The summed E-state index contributed by atoms with van der Waals surface area (Å²) in [6.07, 6.45) is 0.649. The van der Waals surface area contributed by atoms with Crippen LogP contribution in [0.3, 0.4) is 0 Å². The van der Waals surface area contributed by atoms with Gasteiger partial charge in [-0.3, -0.25) is 4.55 Å². The summed E-state index contributed by atoms with van der Waals surface area (Å²) in [5, 5.41) is 16.2. The van der Waals surface area contributed by atoms with Gasteiger partial charge in [0, 0.05) is 0 Å². The van der Waals surface area contributed by atoms with Crippen LogP contribution in [0.15, 0.2) is 66.7 Å². The molecule has 0 fully saturated rings. The molecule has 9 heteroatoms. The summed E-state index contributed by atoms with van der Waals surface area (Å²) in [6.45, 7) is 0. The molecular formula is C22H16F3NO3S2. The minimum absolute atomic E-state index is 0.296. The molecule has 4 rings (SSSR count). The lowest BCUT2D eigenvalue weighted by Crippen LogP contribution is -2.21. The monoisotopic (exact) mass is 463 g/mol. The molecule has 0 heterocycles. The molecule has 1 atom stereocenters. The van der Waals surface area contributed by atoms with E-state index in [0.717, 1.165) is 0 Å². The highest BCUT2D eigenvalue weighted by molar-refractivity contribution is 7.86. The predicted octanol–water partition coefficient (Wildman–Crippen LogP) is 5.90. The smallest absolute Gasteiger partial charge is 0.279 e. The highest BCUT2D eigenvalue weighted by Crippen LogP contribution is 2.33. The molecule has 0 aromatic heterocycles. The fraction of sp³-hybridized carbons (Fsp3) is 0.136. The minimum atomic E-state index is -5.84. The normalized spacial score (nSPS) is 12.9. The van der Waals surface area contributed by atoms with Crippen LogP contribution in [0.4, 0.5) is 13.2 Å². The van der Waals surface area contributed by atoms with Crippen molar-refractivity contribution >= 4 is 55.1 Å². The predicted molar refractivity (Wildman–Crippen MR) is 119 cm³/mol. The van der Waals surface area contributed by atoms with E-state index in [-0.39, 0.29) is 5.25 Å². The Balaban J connectivity index is 0.000000293. The quantitative estimate of drug-likeness (QED) is 0.168. The van der Waals surface area contributed by atoms with Crippen molar-refractivity contribution in [3.05, 3.63) is 72.3 Å². The van der Waals surface area contributed by atoms with Gasteiger partial charge >= 0.3 is 15.6 Å². The third kappa shape index (κ3) is 5.10. The molecule has 0 bridgehead atoms. The van der Waals surface area contributed by atoms with Crippen LogP contribution in [0.2, 0.25) is 0 Å². The van der Waals surface area contributed by atoms with Gasteiger partial charge in [-0.05, 0) is 62.5 Å². The van der Waals surface area contributed by atoms with Gasteiger partial charge in [0.2, 0.25) is 0 Å². The maximum atomic E-state index is 10.7. The highest BCUT2D eigenvalue weighted by atomic mass is 32.2. The lowest BCUT2D eigenvalue weighted by molar-refractivity contribution is -0.0510. The SMILES string of the molecule is N#CC(S)Cc1c2ccccc2cc2cc3ccccc3cc12.O=S(=O)(O)C(F)(F)F. The number of hydrogen-bond acceptors (Lipinski definition) is 4. The molecule has 4 aromatic carbocycles. The average molecular weight is 464 g/mol. The fourth-order valence-electron chi connectivity index (χ4n) is 3.31. The molecule has 1 N–H and O–H groups in total. The Hall–Kier alpha value is -2.80. The molecule has 4 aromatic rings. The van der Waals surface area contributed by atoms with E-state index in [9.17, 15) is 18.4 Å². The molecule has 0 aliphatic carbocycles. The standard InChI is InChI=1S/C21H15NS.CHF3O3S/c22-13-18(23)12-21-19-8-4-3-7-16(19)10-17-9-14-5-1-2-6-15(14)11-20(17)21;2-1(3,4)8(5,6)7/h1-11,18,23H,12H2;(H,5,6,7). The van der Waals surface area contributed by atoms with Crippen molar-refractivity contribution < 1.29 is 26.1 Å². The third-order valence-electron chi connectivity index (χ3n) is 4.68. The zero-order valence-electron chi connectivity index (χ0n) is 15.8. The molecule has 0 radical (unpaired) electrons. The van der Waals surface area contributed by atoms with Crippen molar-refractivity contribution in [1.29, 1.82) is 5.26 Å². The topological polar surface area (TPSA) is 78.2 Å². The maximum absolute atomic E-state index is 10.7.